The zero-order chi connectivity index (χ0) is 43.9. The molecule has 20 heteroatoms. The Labute approximate surface area is 362 Å². The molecule has 3 aromatic heterocycles. The molecule has 0 spiro atoms. The molecule has 3 aliphatic heterocycles. The number of hydrogen-bond acceptors (Lipinski definition) is 15. The Morgan fingerprint density at radius 1 is 0.905 bits per heavy atom. The van der Waals surface area contributed by atoms with Crippen molar-refractivity contribution in [2.45, 2.75) is 63.6 Å². The van der Waals surface area contributed by atoms with Crippen molar-refractivity contribution in [2.24, 2.45) is 5.92 Å². The second-order valence-electron chi connectivity index (χ2n) is 16.2. The summed E-state index contributed by atoms with van der Waals surface area (Å²) < 4.78 is 19.0. The molecule has 1 aliphatic carbocycles. The van der Waals surface area contributed by atoms with Gasteiger partial charge in [0.25, 0.3) is 23.6 Å². The standard InChI is InChI=1S/C43H51N11O9/c1-26-3-2-4-33(49-26)40(57)50-28-19-29(20-28)53-25-48-37-38(46-24-47-39(37)53)45-22-27-9-12-52(13-10-27)14-16-62-18-17-61-15-11-44-36(56)23-63-30-5-6-31-32(21-30)43(60)54(42(31)59)34-7-8-35(55)51-41(34)58/h2-6,21,24-25,27-29,34H,7-20,22-23H2,1H3,(H,44,56)(H,50,57)(H,45,46,47)(H,51,55,58)/t28?,29?,34-/m1/s1. The lowest BCUT2D eigenvalue weighted by Crippen LogP contribution is -2.54. The van der Waals surface area contributed by atoms with Gasteiger partial charge in [0.2, 0.25) is 11.8 Å². The summed E-state index contributed by atoms with van der Waals surface area (Å²) in [5.74, 6) is -1.48. The molecule has 8 rings (SSSR count). The molecule has 4 aliphatic rings. The number of aromatic nitrogens is 5. The number of likely N-dealkylation sites (tertiary alicyclic amines) is 1. The Morgan fingerprint density at radius 3 is 2.49 bits per heavy atom. The first-order valence-electron chi connectivity index (χ1n) is 21.4. The summed E-state index contributed by atoms with van der Waals surface area (Å²) >= 11 is 0. The predicted octanol–water partition coefficient (Wildman–Crippen LogP) is 1.42. The number of aryl methyl sites for hydroxylation is 1. The maximum Gasteiger partial charge on any atom is 0.270 e. The number of imidazole rings is 1. The number of ether oxygens (including phenoxy) is 3. The zero-order valence-corrected chi connectivity index (χ0v) is 35.0. The number of hydrogen-bond donors (Lipinski definition) is 4. The van der Waals surface area contributed by atoms with Gasteiger partial charge in [0.1, 0.15) is 29.3 Å². The number of imide groups is 2. The van der Waals surface area contributed by atoms with Gasteiger partial charge in [-0.15, -0.1) is 0 Å². The van der Waals surface area contributed by atoms with Gasteiger partial charge in [0.15, 0.2) is 18.1 Å². The van der Waals surface area contributed by atoms with E-state index in [2.05, 4.69) is 50.7 Å². The minimum Gasteiger partial charge on any atom is -0.484 e. The number of nitrogens with one attached hydrogen (secondary N) is 4. The Kier molecular flexibility index (Phi) is 13.6. The van der Waals surface area contributed by atoms with Crippen LogP contribution in [-0.4, -0.2) is 148 Å². The van der Waals surface area contributed by atoms with Crippen molar-refractivity contribution >= 4 is 52.4 Å². The van der Waals surface area contributed by atoms with Crippen molar-refractivity contribution in [2.75, 3.05) is 71.1 Å². The lowest BCUT2D eigenvalue weighted by molar-refractivity contribution is -0.136. The number of nitrogens with zero attached hydrogens (tertiary/aromatic N) is 7. The van der Waals surface area contributed by atoms with E-state index in [-0.39, 0.29) is 66.8 Å². The molecule has 0 bridgehead atoms. The number of carbonyl (C=O) groups excluding carboxylic acids is 6. The number of fused-ring (bicyclic) bond motifs is 2. The van der Waals surface area contributed by atoms with Crippen LogP contribution in [0.1, 0.15) is 81.5 Å². The van der Waals surface area contributed by atoms with Gasteiger partial charge in [-0.25, -0.2) is 19.9 Å². The zero-order valence-electron chi connectivity index (χ0n) is 35.0. The van der Waals surface area contributed by atoms with Crippen LogP contribution in [0.15, 0.2) is 49.1 Å². The summed E-state index contributed by atoms with van der Waals surface area (Å²) in [5.41, 5.74) is 2.98. The van der Waals surface area contributed by atoms with Crippen molar-refractivity contribution < 1.29 is 43.0 Å². The normalized spacial score (nSPS) is 20.3. The molecule has 0 unspecified atom stereocenters. The number of rotatable bonds is 19. The predicted molar refractivity (Wildman–Crippen MR) is 225 cm³/mol. The molecule has 4 N–H and O–H groups in total. The fourth-order valence-corrected chi connectivity index (χ4v) is 8.28. The van der Waals surface area contributed by atoms with E-state index in [1.165, 1.54) is 18.2 Å². The van der Waals surface area contributed by atoms with Crippen LogP contribution in [0.4, 0.5) is 5.82 Å². The highest BCUT2D eigenvalue weighted by atomic mass is 16.5. The topological polar surface area (TPSA) is 241 Å². The van der Waals surface area contributed by atoms with Gasteiger partial charge >= 0.3 is 0 Å². The molecule has 332 valence electrons. The van der Waals surface area contributed by atoms with E-state index in [0.717, 1.165) is 79.4 Å². The molecule has 1 atom stereocenters. The summed E-state index contributed by atoms with van der Waals surface area (Å²) in [5, 5.41) is 11.5. The molecule has 20 nitrogen and oxygen atoms in total. The van der Waals surface area contributed by atoms with Gasteiger partial charge in [0, 0.05) is 43.8 Å². The Hall–Kier alpha value is -6.38. The van der Waals surface area contributed by atoms with E-state index >= 15 is 0 Å². The van der Waals surface area contributed by atoms with Crippen molar-refractivity contribution in [1.82, 2.24) is 50.3 Å². The number of benzene rings is 1. The fraction of sp³-hybridized carbons (Fsp3) is 0.488. The Bertz CT molecular complexity index is 2360. The van der Waals surface area contributed by atoms with E-state index in [9.17, 15) is 28.8 Å². The number of piperidine rings is 2. The van der Waals surface area contributed by atoms with E-state index in [1.54, 1.807) is 12.4 Å². The summed E-state index contributed by atoms with van der Waals surface area (Å²) in [7, 11) is 0. The highest BCUT2D eigenvalue weighted by Gasteiger charge is 2.45. The van der Waals surface area contributed by atoms with Gasteiger partial charge in [0.05, 0.1) is 43.9 Å². The average molecular weight is 866 g/mol. The average Bonchev–Trinajstić information content (AvgIpc) is 3.80. The number of anilines is 1. The molecule has 3 fully saturated rings. The minimum absolute atomic E-state index is 0.0301. The van der Waals surface area contributed by atoms with Gasteiger partial charge in [-0.1, -0.05) is 6.07 Å². The molecule has 1 saturated carbocycles. The van der Waals surface area contributed by atoms with Crippen LogP contribution >= 0.6 is 0 Å². The van der Waals surface area contributed by atoms with E-state index in [1.807, 2.05) is 25.4 Å². The molecule has 0 radical (unpaired) electrons. The number of carbonyl (C=O) groups is 6. The summed E-state index contributed by atoms with van der Waals surface area (Å²) in [6, 6.07) is 8.92. The van der Waals surface area contributed by atoms with Crippen LogP contribution in [0.25, 0.3) is 11.2 Å². The maximum absolute atomic E-state index is 13.0. The van der Waals surface area contributed by atoms with Crippen LogP contribution in [-0.2, 0) is 23.9 Å². The Morgan fingerprint density at radius 2 is 1.70 bits per heavy atom. The lowest BCUT2D eigenvalue weighted by Gasteiger charge is -2.36. The van der Waals surface area contributed by atoms with Gasteiger partial charge in [-0.3, -0.25) is 39.0 Å². The molecule has 6 amide bonds. The molecule has 4 aromatic rings. The van der Waals surface area contributed by atoms with Gasteiger partial charge in [-0.05, 0) is 88.4 Å². The summed E-state index contributed by atoms with van der Waals surface area (Å²) in [4.78, 5) is 95.9. The second kappa shape index (κ2) is 19.8. The van der Waals surface area contributed by atoms with Crippen molar-refractivity contribution in [3.8, 4) is 5.75 Å². The SMILES string of the molecule is Cc1cccc(C(=O)NC2CC(n3cnc4c(NCC5CCN(CCOCCOCCNC(=O)COc6ccc7c(c6)C(=O)N([C@@H]6CCC(=O)NC6=O)C7=O)CC5)ncnc43)C2)n1. The Balaban J connectivity index is 0.650. The molecular weight excluding hydrogens is 815 g/mol. The van der Waals surface area contributed by atoms with Crippen LogP contribution < -0.4 is 26.0 Å². The van der Waals surface area contributed by atoms with Gasteiger partial charge < -0.3 is 39.6 Å². The molecule has 63 heavy (non-hydrogen) atoms. The quantitative estimate of drug-likeness (QED) is 0.0770. The van der Waals surface area contributed by atoms with Crippen molar-refractivity contribution in [3.63, 3.8) is 0 Å². The smallest absolute Gasteiger partial charge is 0.270 e. The van der Waals surface area contributed by atoms with Crippen LogP contribution in [0.5, 0.6) is 5.75 Å². The first-order chi connectivity index (χ1) is 30.6. The largest absolute Gasteiger partial charge is 0.484 e. The van der Waals surface area contributed by atoms with Crippen LogP contribution in [0, 0.1) is 12.8 Å². The number of amides is 6. The number of pyridine rings is 1. The second-order valence-corrected chi connectivity index (χ2v) is 16.2. The highest BCUT2D eigenvalue weighted by molar-refractivity contribution is 6.23. The van der Waals surface area contributed by atoms with E-state index in [4.69, 9.17) is 14.2 Å². The fourth-order valence-electron chi connectivity index (χ4n) is 8.28. The molecule has 6 heterocycles. The monoisotopic (exact) mass is 865 g/mol. The van der Waals surface area contributed by atoms with E-state index < -0.39 is 29.7 Å². The highest BCUT2D eigenvalue weighted by Crippen LogP contribution is 2.35. The molecule has 1 aromatic carbocycles. The summed E-state index contributed by atoms with van der Waals surface area (Å²) in [6.07, 6.45) is 7.19. The van der Waals surface area contributed by atoms with Gasteiger partial charge in [-0.2, -0.15) is 0 Å². The minimum atomic E-state index is -1.06. The van der Waals surface area contributed by atoms with E-state index in [0.29, 0.717) is 38.0 Å². The third-order valence-electron chi connectivity index (χ3n) is 11.9. The van der Waals surface area contributed by atoms with Crippen molar-refractivity contribution in [1.29, 1.82) is 0 Å². The maximum atomic E-state index is 13.0. The van der Waals surface area contributed by atoms with Crippen LogP contribution in [0.2, 0.25) is 0 Å². The molecular formula is C43H51N11O9. The van der Waals surface area contributed by atoms with Crippen LogP contribution in [0.3, 0.4) is 0 Å². The summed E-state index contributed by atoms with van der Waals surface area (Å²) in [6.45, 7) is 7.13. The van der Waals surface area contributed by atoms with Crippen molar-refractivity contribution in [3.05, 3.63) is 71.6 Å². The first-order valence-corrected chi connectivity index (χ1v) is 21.4. The first kappa shape index (κ1) is 43.3. The molecule has 2 saturated heterocycles. The third-order valence-corrected chi connectivity index (χ3v) is 11.9. The third kappa shape index (κ3) is 10.3. The lowest BCUT2D eigenvalue weighted by atomic mass is 9.86.